The number of rotatable bonds is 2. The van der Waals surface area contributed by atoms with Gasteiger partial charge in [-0.15, -0.1) is 11.3 Å². The first-order valence-corrected chi connectivity index (χ1v) is 9.71. The van der Waals surface area contributed by atoms with Gasteiger partial charge in [-0.2, -0.15) is 5.26 Å². The second-order valence-electron chi connectivity index (χ2n) is 6.80. The molecule has 1 fully saturated rings. The van der Waals surface area contributed by atoms with Crippen LogP contribution in [0.25, 0.3) is 0 Å². The molecule has 1 saturated heterocycles. The first-order valence-electron chi connectivity index (χ1n) is 8.84. The molecule has 3 heterocycles. The lowest BCUT2D eigenvalue weighted by molar-refractivity contribution is -0.137. The summed E-state index contributed by atoms with van der Waals surface area (Å²) in [5.74, 6) is 0.478. The van der Waals surface area contributed by atoms with Gasteiger partial charge < -0.3 is 9.80 Å². The summed E-state index contributed by atoms with van der Waals surface area (Å²) in [6.07, 6.45) is 2.82. The molecule has 0 saturated carbocycles. The molecule has 0 bridgehead atoms. The van der Waals surface area contributed by atoms with Gasteiger partial charge in [-0.05, 0) is 60.5 Å². The Bertz CT molecular complexity index is 797. The first-order chi connectivity index (χ1) is 12.2. The van der Waals surface area contributed by atoms with Crippen LogP contribution < -0.4 is 4.90 Å². The van der Waals surface area contributed by atoms with Crippen molar-refractivity contribution in [3.05, 3.63) is 51.7 Å². The number of piperidine rings is 1. The minimum absolute atomic E-state index is 0.148. The highest BCUT2D eigenvalue weighted by Crippen LogP contribution is 2.28. The van der Waals surface area contributed by atoms with Gasteiger partial charge in [0.05, 0.1) is 11.6 Å². The highest BCUT2D eigenvalue weighted by molar-refractivity contribution is 7.10. The summed E-state index contributed by atoms with van der Waals surface area (Å²) >= 11 is 1.81. The summed E-state index contributed by atoms with van der Waals surface area (Å²) in [7, 11) is 0. The van der Waals surface area contributed by atoms with Crippen molar-refractivity contribution in [2.24, 2.45) is 5.92 Å². The van der Waals surface area contributed by atoms with Crippen LogP contribution in [0, 0.1) is 17.2 Å². The zero-order valence-corrected chi connectivity index (χ0v) is 15.0. The monoisotopic (exact) mass is 351 g/mol. The van der Waals surface area contributed by atoms with Gasteiger partial charge in [-0.25, -0.2) is 0 Å². The van der Waals surface area contributed by atoms with Gasteiger partial charge in [-0.1, -0.05) is 0 Å². The minimum Gasteiger partial charge on any atom is -0.371 e. The van der Waals surface area contributed by atoms with Crippen molar-refractivity contribution in [1.82, 2.24) is 4.90 Å². The van der Waals surface area contributed by atoms with Gasteiger partial charge in [0.2, 0.25) is 5.91 Å². The lowest BCUT2D eigenvalue weighted by atomic mass is 9.94. The van der Waals surface area contributed by atoms with Gasteiger partial charge in [0.15, 0.2) is 0 Å². The Kier molecular flexibility index (Phi) is 4.46. The van der Waals surface area contributed by atoms with Crippen molar-refractivity contribution in [2.45, 2.75) is 25.8 Å². The number of fused-ring (bicyclic) bond motifs is 1. The Morgan fingerprint density at radius 2 is 1.88 bits per heavy atom. The van der Waals surface area contributed by atoms with Crippen LogP contribution in [-0.4, -0.2) is 30.4 Å². The number of hydrogen-bond donors (Lipinski definition) is 0. The van der Waals surface area contributed by atoms with Crippen LogP contribution in [0.1, 0.15) is 28.8 Å². The molecular formula is C20H21N3OS. The normalized spacial score (nSPS) is 17.9. The van der Waals surface area contributed by atoms with Gasteiger partial charge >= 0.3 is 0 Å². The van der Waals surface area contributed by atoms with Gasteiger partial charge in [-0.3, -0.25) is 4.79 Å². The third kappa shape index (κ3) is 3.27. The van der Waals surface area contributed by atoms with Crippen molar-refractivity contribution in [3.63, 3.8) is 0 Å². The fourth-order valence-electron chi connectivity index (χ4n) is 3.83. The molecule has 1 aromatic heterocycles. The Hall–Kier alpha value is -2.32. The molecule has 4 rings (SSSR count). The van der Waals surface area contributed by atoms with Crippen LogP contribution in [0.2, 0.25) is 0 Å². The van der Waals surface area contributed by atoms with Crippen molar-refractivity contribution in [1.29, 1.82) is 5.26 Å². The van der Waals surface area contributed by atoms with E-state index in [2.05, 4.69) is 27.3 Å². The van der Waals surface area contributed by atoms with E-state index in [1.807, 2.05) is 35.6 Å². The van der Waals surface area contributed by atoms with Gasteiger partial charge in [0, 0.05) is 42.7 Å². The molecule has 0 aliphatic carbocycles. The number of amides is 1. The molecule has 25 heavy (non-hydrogen) atoms. The predicted molar refractivity (Wildman–Crippen MR) is 99.5 cm³/mol. The van der Waals surface area contributed by atoms with Crippen LogP contribution >= 0.6 is 11.3 Å². The van der Waals surface area contributed by atoms with E-state index < -0.39 is 0 Å². The standard InChI is InChI=1S/C20H21N3OS/c21-13-15-1-3-18(4-2-15)22-9-5-16(6-10-22)20(24)23-11-7-19-17(14-23)8-12-25-19/h1-4,8,12,16H,5-7,9-11,14H2. The van der Waals surface area contributed by atoms with Crippen molar-refractivity contribution in [2.75, 3.05) is 24.5 Å². The summed E-state index contributed by atoms with van der Waals surface area (Å²) in [6, 6.07) is 12.0. The SMILES string of the molecule is N#Cc1ccc(N2CCC(C(=O)N3CCc4sccc4C3)CC2)cc1. The maximum atomic E-state index is 12.9. The minimum atomic E-state index is 0.148. The summed E-state index contributed by atoms with van der Waals surface area (Å²) in [4.78, 5) is 18.7. The molecule has 128 valence electrons. The van der Waals surface area contributed by atoms with E-state index in [0.717, 1.165) is 51.1 Å². The molecule has 4 nitrogen and oxygen atoms in total. The maximum absolute atomic E-state index is 12.9. The highest BCUT2D eigenvalue weighted by Gasteiger charge is 2.30. The fourth-order valence-corrected chi connectivity index (χ4v) is 4.72. The molecule has 0 unspecified atom stereocenters. The Morgan fingerprint density at radius 3 is 2.60 bits per heavy atom. The number of thiophene rings is 1. The summed E-state index contributed by atoms with van der Waals surface area (Å²) in [6.45, 7) is 3.45. The summed E-state index contributed by atoms with van der Waals surface area (Å²) in [5, 5.41) is 11.0. The molecule has 0 radical (unpaired) electrons. The van der Waals surface area contributed by atoms with E-state index in [0.29, 0.717) is 11.5 Å². The maximum Gasteiger partial charge on any atom is 0.226 e. The third-order valence-electron chi connectivity index (χ3n) is 5.33. The van der Waals surface area contributed by atoms with Crippen LogP contribution in [0.15, 0.2) is 35.7 Å². The van der Waals surface area contributed by atoms with E-state index in [1.54, 1.807) is 0 Å². The zero-order chi connectivity index (χ0) is 17.2. The average molecular weight is 351 g/mol. The van der Waals surface area contributed by atoms with Crippen molar-refractivity contribution < 1.29 is 4.79 Å². The van der Waals surface area contributed by atoms with Gasteiger partial charge in [0.1, 0.15) is 0 Å². The Morgan fingerprint density at radius 1 is 1.12 bits per heavy atom. The number of nitriles is 1. The largest absolute Gasteiger partial charge is 0.371 e. The summed E-state index contributed by atoms with van der Waals surface area (Å²) in [5.41, 5.74) is 3.16. The molecule has 2 aliphatic heterocycles. The molecule has 2 aromatic rings. The molecule has 2 aliphatic rings. The topological polar surface area (TPSA) is 47.3 Å². The van der Waals surface area contributed by atoms with E-state index in [4.69, 9.17) is 5.26 Å². The number of nitrogens with zero attached hydrogens (tertiary/aromatic N) is 3. The summed E-state index contributed by atoms with van der Waals surface area (Å²) < 4.78 is 0. The highest BCUT2D eigenvalue weighted by atomic mass is 32.1. The number of anilines is 1. The van der Waals surface area contributed by atoms with Crippen LogP contribution in [0.3, 0.4) is 0 Å². The van der Waals surface area contributed by atoms with Crippen molar-refractivity contribution >= 4 is 22.9 Å². The lowest BCUT2D eigenvalue weighted by Gasteiger charge is -2.36. The van der Waals surface area contributed by atoms with Crippen molar-refractivity contribution in [3.8, 4) is 6.07 Å². The molecule has 1 amide bonds. The Labute approximate surface area is 152 Å². The third-order valence-corrected chi connectivity index (χ3v) is 6.35. The fraction of sp³-hybridized carbons (Fsp3) is 0.400. The average Bonchev–Trinajstić information content (AvgIpc) is 3.15. The molecule has 0 atom stereocenters. The quantitative estimate of drug-likeness (QED) is 0.833. The second kappa shape index (κ2) is 6.89. The lowest BCUT2D eigenvalue weighted by Crippen LogP contribution is -2.44. The molecular weight excluding hydrogens is 330 g/mol. The van der Waals surface area contributed by atoms with E-state index >= 15 is 0 Å². The molecule has 0 N–H and O–H groups in total. The van der Waals surface area contributed by atoms with E-state index in [-0.39, 0.29) is 5.92 Å². The zero-order valence-electron chi connectivity index (χ0n) is 14.1. The number of carbonyl (C=O) groups excluding carboxylic acids is 1. The van der Waals surface area contributed by atoms with Crippen LogP contribution in [0.4, 0.5) is 5.69 Å². The number of carbonyl (C=O) groups is 1. The van der Waals surface area contributed by atoms with E-state index in [9.17, 15) is 4.79 Å². The molecule has 0 spiro atoms. The number of hydrogen-bond acceptors (Lipinski definition) is 4. The van der Waals surface area contributed by atoms with Crippen LogP contribution in [-0.2, 0) is 17.8 Å². The van der Waals surface area contributed by atoms with Gasteiger partial charge in [0.25, 0.3) is 0 Å². The van der Waals surface area contributed by atoms with Crippen LogP contribution in [0.5, 0.6) is 0 Å². The molecule has 1 aromatic carbocycles. The smallest absolute Gasteiger partial charge is 0.226 e. The number of benzene rings is 1. The van der Waals surface area contributed by atoms with E-state index in [1.165, 1.54) is 10.4 Å². The Balaban J connectivity index is 1.35. The first kappa shape index (κ1) is 16.2. The molecule has 5 heteroatoms. The second-order valence-corrected chi connectivity index (χ2v) is 7.80. The predicted octanol–water partition coefficient (Wildman–Crippen LogP) is 3.42.